The molecule has 0 aromatic heterocycles. The van der Waals surface area contributed by atoms with Crippen molar-refractivity contribution in [2.75, 3.05) is 39.5 Å². The van der Waals surface area contributed by atoms with Gasteiger partial charge in [-0.2, -0.15) is 0 Å². The van der Waals surface area contributed by atoms with Crippen LogP contribution in [-0.2, 0) is 14.3 Å². The molecule has 2 N–H and O–H groups in total. The summed E-state index contributed by atoms with van der Waals surface area (Å²) in [5.41, 5.74) is -0.324. The summed E-state index contributed by atoms with van der Waals surface area (Å²) in [6, 6.07) is -0.176. The van der Waals surface area contributed by atoms with E-state index in [4.69, 9.17) is 14.6 Å². The predicted molar refractivity (Wildman–Crippen MR) is 63.5 cm³/mol. The molecule has 1 fully saturated rings. The molecule has 2 amide bonds. The molecule has 1 aliphatic rings. The maximum atomic E-state index is 11.8. The largest absolute Gasteiger partial charge is 0.480 e. The van der Waals surface area contributed by atoms with E-state index in [0.717, 1.165) is 0 Å². The van der Waals surface area contributed by atoms with Crippen molar-refractivity contribution in [1.29, 1.82) is 0 Å². The lowest BCUT2D eigenvalue weighted by Gasteiger charge is -2.38. The fourth-order valence-corrected chi connectivity index (χ4v) is 1.69. The minimum absolute atomic E-state index is 0.176. The van der Waals surface area contributed by atoms with Crippen LogP contribution in [0.5, 0.6) is 0 Å². The summed E-state index contributed by atoms with van der Waals surface area (Å²) in [7, 11) is 0. The molecule has 0 unspecified atom stereocenters. The molecule has 1 saturated heterocycles. The fourth-order valence-electron chi connectivity index (χ4n) is 1.69. The first-order valence-corrected chi connectivity index (χ1v) is 5.87. The standard InChI is InChI=1S/C11H20N2O5/c1-11(2)8-13(4-6-18-11)10(16)12-3-5-17-7-9(14)15/h3-8H2,1-2H3,(H,12,16)(H,14,15). The van der Waals surface area contributed by atoms with Crippen LogP contribution in [0.15, 0.2) is 0 Å². The van der Waals surface area contributed by atoms with E-state index in [1.54, 1.807) is 4.90 Å². The molecule has 0 aromatic rings. The summed E-state index contributed by atoms with van der Waals surface area (Å²) in [4.78, 5) is 23.6. The van der Waals surface area contributed by atoms with Gasteiger partial charge in [0.25, 0.3) is 0 Å². The number of hydrogen-bond acceptors (Lipinski definition) is 4. The summed E-state index contributed by atoms with van der Waals surface area (Å²) >= 11 is 0. The molecule has 1 aliphatic heterocycles. The first-order valence-electron chi connectivity index (χ1n) is 5.87. The van der Waals surface area contributed by atoms with Gasteiger partial charge in [0.05, 0.1) is 25.4 Å². The molecule has 1 heterocycles. The molecule has 0 bridgehead atoms. The van der Waals surface area contributed by atoms with Gasteiger partial charge < -0.3 is 24.8 Å². The van der Waals surface area contributed by atoms with E-state index in [1.165, 1.54) is 0 Å². The highest BCUT2D eigenvalue weighted by molar-refractivity contribution is 5.74. The molecule has 0 aliphatic carbocycles. The van der Waals surface area contributed by atoms with Crippen LogP contribution in [0.1, 0.15) is 13.8 Å². The molecular formula is C11H20N2O5. The molecule has 0 radical (unpaired) electrons. The van der Waals surface area contributed by atoms with Crippen LogP contribution in [0.3, 0.4) is 0 Å². The van der Waals surface area contributed by atoms with E-state index < -0.39 is 5.97 Å². The zero-order valence-corrected chi connectivity index (χ0v) is 10.8. The first-order chi connectivity index (χ1) is 8.41. The van der Waals surface area contributed by atoms with Crippen LogP contribution in [0.4, 0.5) is 4.79 Å². The lowest BCUT2D eigenvalue weighted by molar-refractivity contribution is -0.142. The topological polar surface area (TPSA) is 88.1 Å². The van der Waals surface area contributed by atoms with Crippen LogP contribution >= 0.6 is 0 Å². The monoisotopic (exact) mass is 260 g/mol. The van der Waals surface area contributed by atoms with Crippen molar-refractivity contribution in [3.05, 3.63) is 0 Å². The van der Waals surface area contributed by atoms with Crippen LogP contribution in [0, 0.1) is 0 Å². The van der Waals surface area contributed by atoms with Gasteiger partial charge >= 0.3 is 12.0 Å². The fraction of sp³-hybridized carbons (Fsp3) is 0.818. The molecule has 7 heteroatoms. The molecule has 0 aromatic carbocycles. The highest BCUT2D eigenvalue weighted by atomic mass is 16.5. The van der Waals surface area contributed by atoms with E-state index >= 15 is 0 Å². The van der Waals surface area contributed by atoms with Crippen molar-refractivity contribution in [2.24, 2.45) is 0 Å². The Morgan fingerprint density at radius 1 is 1.50 bits per heavy atom. The number of amides is 2. The average molecular weight is 260 g/mol. The number of aliphatic carboxylic acids is 1. The molecular weight excluding hydrogens is 240 g/mol. The second kappa shape index (κ2) is 6.55. The van der Waals surface area contributed by atoms with Crippen molar-refractivity contribution >= 4 is 12.0 Å². The van der Waals surface area contributed by atoms with E-state index in [1.807, 2.05) is 13.8 Å². The van der Waals surface area contributed by atoms with Crippen molar-refractivity contribution in [3.8, 4) is 0 Å². The summed E-state index contributed by atoms with van der Waals surface area (Å²) in [6.45, 7) is 5.62. The predicted octanol–water partition coefficient (Wildman–Crippen LogP) is -0.0920. The molecule has 0 saturated carbocycles. The Morgan fingerprint density at radius 3 is 2.83 bits per heavy atom. The lowest BCUT2D eigenvalue weighted by Crippen LogP contribution is -2.53. The smallest absolute Gasteiger partial charge is 0.329 e. The number of carboxylic acids is 1. The summed E-state index contributed by atoms with van der Waals surface area (Å²) < 4.78 is 10.3. The number of nitrogens with one attached hydrogen (secondary N) is 1. The van der Waals surface area contributed by atoms with Crippen LogP contribution in [0.2, 0.25) is 0 Å². The second-order valence-corrected chi connectivity index (χ2v) is 4.71. The van der Waals surface area contributed by atoms with Gasteiger partial charge in [-0.3, -0.25) is 0 Å². The number of carbonyl (C=O) groups excluding carboxylic acids is 1. The Kier molecular flexibility index (Phi) is 5.36. The molecule has 0 atom stereocenters. The highest BCUT2D eigenvalue weighted by Crippen LogP contribution is 2.16. The number of nitrogens with zero attached hydrogens (tertiary/aromatic N) is 1. The molecule has 1 rings (SSSR count). The third kappa shape index (κ3) is 5.33. The van der Waals surface area contributed by atoms with Crippen molar-refractivity contribution in [3.63, 3.8) is 0 Å². The first kappa shape index (κ1) is 14.7. The molecule has 7 nitrogen and oxygen atoms in total. The summed E-state index contributed by atoms with van der Waals surface area (Å²) in [5, 5.41) is 11.0. The van der Waals surface area contributed by atoms with Gasteiger partial charge in [0.2, 0.25) is 0 Å². The Morgan fingerprint density at radius 2 is 2.22 bits per heavy atom. The zero-order valence-electron chi connectivity index (χ0n) is 10.8. The van der Waals surface area contributed by atoms with Gasteiger partial charge in [0, 0.05) is 13.1 Å². The highest BCUT2D eigenvalue weighted by Gasteiger charge is 2.29. The van der Waals surface area contributed by atoms with E-state index in [2.05, 4.69) is 5.32 Å². The maximum absolute atomic E-state index is 11.8. The Balaban J connectivity index is 2.18. The molecule has 0 spiro atoms. The Hall–Kier alpha value is -1.34. The maximum Gasteiger partial charge on any atom is 0.329 e. The van der Waals surface area contributed by atoms with Crippen LogP contribution in [0.25, 0.3) is 0 Å². The van der Waals surface area contributed by atoms with Crippen molar-refractivity contribution in [1.82, 2.24) is 10.2 Å². The summed E-state index contributed by atoms with van der Waals surface area (Å²) in [6.07, 6.45) is 0. The quantitative estimate of drug-likeness (QED) is 0.674. The lowest BCUT2D eigenvalue weighted by atomic mass is 10.1. The van der Waals surface area contributed by atoms with E-state index in [9.17, 15) is 9.59 Å². The SMILES string of the molecule is CC1(C)CN(C(=O)NCCOCC(=O)O)CCO1. The Bertz CT molecular complexity index is 306. The van der Waals surface area contributed by atoms with Gasteiger partial charge in [0.1, 0.15) is 6.61 Å². The minimum atomic E-state index is -1.02. The minimum Gasteiger partial charge on any atom is -0.480 e. The van der Waals surface area contributed by atoms with Gasteiger partial charge in [-0.15, -0.1) is 0 Å². The Labute approximate surface area is 106 Å². The number of morpholine rings is 1. The van der Waals surface area contributed by atoms with Gasteiger partial charge in [-0.25, -0.2) is 9.59 Å². The third-order valence-electron chi connectivity index (χ3n) is 2.46. The molecule has 18 heavy (non-hydrogen) atoms. The number of carbonyl (C=O) groups is 2. The van der Waals surface area contributed by atoms with Gasteiger partial charge in [0.15, 0.2) is 0 Å². The molecule has 104 valence electrons. The number of hydrogen-bond donors (Lipinski definition) is 2. The number of rotatable bonds is 5. The van der Waals surface area contributed by atoms with Gasteiger partial charge in [-0.1, -0.05) is 0 Å². The van der Waals surface area contributed by atoms with Crippen molar-refractivity contribution in [2.45, 2.75) is 19.4 Å². The number of carboxylic acid groups (broad SMARTS) is 1. The van der Waals surface area contributed by atoms with Crippen molar-refractivity contribution < 1.29 is 24.2 Å². The number of ether oxygens (including phenoxy) is 2. The van der Waals surface area contributed by atoms with Crippen LogP contribution < -0.4 is 5.32 Å². The van der Waals surface area contributed by atoms with Crippen LogP contribution in [-0.4, -0.2) is 67.1 Å². The average Bonchev–Trinajstić information content (AvgIpc) is 2.26. The second-order valence-electron chi connectivity index (χ2n) is 4.71. The van der Waals surface area contributed by atoms with E-state index in [-0.39, 0.29) is 24.8 Å². The number of urea groups is 1. The third-order valence-corrected chi connectivity index (χ3v) is 2.46. The van der Waals surface area contributed by atoms with E-state index in [0.29, 0.717) is 26.2 Å². The summed E-state index contributed by atoms with van der Waals surface area (Å²) in [5.74, 6) is -1.02. The zero-order chi connectivity index (χ0) is 13.6. The normalized spacial score (nSPS) is 18.4. The van der Waals surface area contributed by atoms with Gasteiger partial charge in [-0.05, 0) is 13.8 Å².